The van der Waals surface area contributed by atoms with E-state index in [2.05, 4.69) is 6.92 Å². The molecule has 26 heavy (non-hydrogen) atoms. The SMILES string of the molecule is CCCC1CCC(C2CCC(Oc3ccc(OC)c(F)c3F)CC2)CC1. The summed E-state index contributed by atoms with van der Waals surface area (Å²) in [6.07, 6.45) is 12.4. The molecule has 0 saturated heterocycles. The lowest BCUT2D eigenvalue weighted by Gasteiger charge is -2.37. The number of rotatable bonds is 6. The molecule has 0 bridgehead atoms. The van der Waals surface area contributed by atoms with Gasteiger partial charge in [-0.15, -0.1) is 0 Å². The molecule has 0 atom stereocenters. The van der Waals surface area contributed by atoms with Crippen LogP contribution in [0.2, 0.25) is 0 Å². The molecule has 2 saturated carbocycles. The molecular weight excluding hydrogens is 334 g/mol. The van der Waals surface area contributed by atoms with Gasteiger partial charge >= 0.3 is 0 Å². The Labute approximate surface area is 156 Å². The molecule has 0 unspecified atom stereocenters. The fourth-order valence-electron chi connectivity index (χ4n) is 4.98. The van der Waals surface area contributed by atoms with Gasteiger partial charge in [0, 0.05) is 0 Å². The zero-order valence-corrected chi connectivity index (χ0v) is 16.1. The maximum absolute atomic E-state index is 14.1. The number of ether oxygens (including phenoxy) is 2. The summed E-state index contributed by atoms with van der Waals surface area (Å²) in [5.74, 6) is 0.602. The van der Waals surface area contributed by atoms with E-state index in [0.717, 1.165) is 43.4 Å². The lowest BCUT2D eigenvalue weighted by molar-refractivity contribution is 0.0881. The first-order valence-electron chi connectivity index (χ1n) is 10.3. The van der Waals surface area contributed by atoms with Gasteiger partial charge < -0.3 is 9.47 Å². The van der Waals surface area contributed by atoms with Crippen molar-refractivity contribution in [2.75, 3.05) is 7.11 Å². The monoisotopic (exact) mass is 366 g/mol. The first-order valence-corrected chi connectivity index (χ1v) is 10.3. The van der Waals surface area contributed by atoms with E-state index in [0.29, 0.717) is 0 Å². The minimum Gasteiger partial charge on any atom is -0.494 e. The normalized spacial score (nSPS) is 29.4. The molecule has 2 aliphatic rings. The molecule has 2 fully saturated rings. The Morgan fingerprint density at radius 2 is 1.38 bits per heavy atom. The highest BCUT2D eigenvalue weighted by Crippen LogP contribution is 2.41. The zero-order chi connectivity index (χ0) is 18.5. The molecule has 4 heteroatoms. The van der Waals surface area contributed by atoms with Crippen LogP contribution in [0.3, 0.4) is 0 Å². The van der Waals surface area contributed by atoms with Crippen molar-refractivity contribution in [3.05, 3.63) is 23.8 Å². The van der Waals surface area contributed by atoms with Gasteiger partial charge in [0.05, 0.1) is 13.2 Å². The molecule has 2 aliphatic carbocycles. The second kappa shape index (κ2) is 9.05. The molecule has 3 rings (SSSR count). The third kappa shape index (κ3) is 4.50. The van der Waals surface area contributed by atoms with E-state index in [-0.39, 0.29) is 17.6 Å². The lowest BCUT2D eigenvalue weighted by Crippen LogP contribution is -2.30. The molecular formula is C22H32F2O2. The Bertz CT molecular complexity index is 574. The first kappa shape index (κ1) is 19.4. The Morgan fingerprint density at radius 1 is 0.846 bits per heavy atom. The molecule has 1 aromatic carbocycles. The molecule has 0 spiro atoms. The predicted octanol–water partition coefficient (Wildman–Crippen LogP) is 6.52. The molecule has 2 nitrogen and oxygen atoms in total. The van der Waals surface area contributed by atoms with Crippen LogP contribution in [0, 0.1) is 29.4 Å². The minimum atomic E-state index is -0.970. The Kier molecular flexibility index (Phi) is 6.77. The lowest BCUT2D eigenvalue weighted by atomic mass is 9.70. The number of hydrogen-bond acceptors (Lipinski definition) is 2. The molecule has 0 radical (unpaired) electrons. The summed E-state index contributed by atoms with van der Waals surface area (Å²) in [4.78, 5) is 0. The summed E-state index contributed by atoms with van der Waals surface area (Å²) in [5, 5.41) is 0. The van der Waals surface area contributed by atoms with Crippen molar-refractivity contribution in [1.29, 1.82) is 0 Å². The van der Waals surface area contributed by atoms with Crippen LogP contribution in [0.5, 0.6) is 11.5 Å². The summed E-state index contributed by atoms with van der Waals surface area (Å²) < 4.78 is 38.5. The van der Waals surface area contributed by atoms with Crippen molar-refractivity contribution >= 4 is 0 Å². The van der Waals surface area contributed by atoms with Gasteiger partial charge in [-0.05, 0) is 68.4 Å². The fraction of sp³-hybridized carbons (Fsp3) is 0.727. The number of hydrogen-bond donors (Lipinski definition) is 0. The standard InChI is InChI=1S/C22H32F2O2/c1-3-4-15-5-7-16(8-6-15)17-9-11-18(12-10-17)26-20-14-13-19(25-2)21(23)22(20)24/h13-18H,3-12H2,1-2H3. The summed E-state index contributed by atoms with van der Waals surface area (Å²) in [5.41, 5.74) is 0. The molecule has 0 aliphatic heterocycles. The highest BCUT2D eigenvalue weighted by atomic mass is 19.2. The van der Waals surface area contributed by atoms with Gasteiger partial charge in [-0.3, -0.25) is 0 Å². The Balaban J connectivity index is 1.48. The van der Waals surface area contributed by atoms with Crippen molar-refractivity contribution in [2.45, 2.75) is 77.2 Å². The maximum atomic E-state index is 14.1. The van der Waals surface area contributed by atoms with E-state index < -0.39 is 11.6 Å². The van der Waals surface area contributed by atoms with Crippen LogP contribution in [0.15, 0.2) is 12.1 Å². The summed E-state index contributed by atoms with van der Waals surface area (Å²) in [6, 6.07) is 2.90. The average molecular weight is 366 g/mol. The van der Waals surface area contributed by atoms with E-state index in [1.165, 1.54) is 57.8 Å². The zero-order valence-electron chi connectivity index (χ0n) is 16.1. The fourth-order valence-corrected chi connectivity index (χ4v) is 4.98. The van der Waals surface area contributed by atoms with E-state index in [9.17, 15) is 8.78 Å². The second-order valence-corrected chi connectivity index (χ2v) is 8.12. The van der Waals surface area contributed by atoms with Crippen LogP contribution in [0.1, 0.15) is 71.1 Å². The molecule has 0 aromatic heterocycles. The molecule has 0 heterocycles. The summed E-state index contributed by atoms with van der Waals surface area (Å²) in [7, 11) is 1.33. The third-order valence-electron chi connectivity index (χ3n) is 6.50. The van der Waals surface area contributed by atoms with E-state index in [1.54, 1.807) is 0 Å². The van der Waals surface area contributed by atoms with Crippen LogP contribution in [0.25, 0.3) is 0 Å². The van der Waals surface area contributed by atoms with Gasteiger partial charge in [-0.25, -0.2) is 0 Å². The Hall–Kier alpha value is -1.32. The topological polar surface area (TPSA) is 18.5 Å². The quantitative estimate of drug-likeness (QED) is 0.571. The number of methoxy groups -OCH3 is 1. The van der Waals surface area contributed by atoms with E-state index in [4.69, 9.17) is 9.47 Å². The van der Waals surface area contributed by atoms with Crippen molar-refractivity contribution in [3.63, 3.8) is 0 Å². The number of halogens is 2. The van der Waals surface area contributed by atoms with Crippen molar-refractivity contribution in [2.24, 2.45) is 17.8 Å². The highest BCUT2D eigenvalue weighted by Gasteiger charge is 2.31. The van der Waals surface area contributed by atoms with Gasteiger partial charge in [0.2, 0.25) is 11.6 Å². The molecule has 0 N–H and O–H groups in total. The van der Waals surface area contributed by atoms with Gasteiger partial charge in [0.25, 0.3) is 0 Å². The van der Waals surface area contributed by atoms with Crippen LogP contribution in [-0.4, -0.2) is 13.2 Å². The molecule has 1 aromatic rings. The first-order chi connectivity index (χ1) is 12.6. The molecule has 0 amide bonds. The Morgan fingerprint density at radius 3 is 1.96 bits per heavy atom. The third-order valence-corrected chi connectivity index (χ3v) is 6.50. The average Bonchev–Trinajstić information content (AvgIpc) is 2.67. The van der Waals surface area contributed by atoms with Gasteiger partial charge in [-0.1, -0.05) is 32.6 Å². The van der Waals surface area contributed by atoms with Gasteiger partial charge in [0.15, 0.2) is 11.5 Å². The van der Waals surface area contributed by atoms with Crippen molar-refractivity contribution in [1.82, 2.24) is 0 Å². The largest absolute Gasteiger partial charge is 0.494 e. The van der Waals surface area contributed by atoms with Crippen LogP contribution in [-0.2, 0) is 0 Å². The van der Waals surface area contributed by atoms with Gasteiger partial charge in [-0.2, -0.15) is 8.78 Å². The molecule has 146 valence electrons. The number of benzene rings is 1. The summed E-state index contributed by atoms with van der Waals surface area (Å²) in [6.45, 7) is 2.28. The van der Waals surface area contributed by atoms with E-state index in [1.807, 2.05) is 0 Å². The van der Waals surface area contributed by atoms with Crippen LogP contribution >= 0.6 is 0 Å². The maximum Gasteiger partial charge on any atom is 0.204 e. The minimum absolute atomic E-state index is 0.00632. The van der Waals surface area contributed by atoms with Crippen molar-refractivity contribution < 1.29 is 18.3 Å². The van der Waals surface area contributed by atoms with Crippen LogP contribution in [0.4, 0.5) is 8.78 Å². The van der Waals surface area contributed by atoms with Crippen LogP contribution < -0.4 is 9.47 Å². The van der Waals surface area contributed by atoms with E-state index >= 15 is 0 Å². The summed E-state index contributed by atoms with van der Waals surface area (Å²) >= 11 is 0. The van der Waals surface area contributed by atoms with Gasteiger partial charge in [0.1, 0.15) is 0 Å². The van der Waals surface area contributed by atoms with Crippen molar-refractivity contribution in [3.8, 4) is 11.5 Å². The smallest absolute Gasteiger partial charge is 0.204 e. The predicted molar refractivity (Wildman–Crippen MR) is 99.6 cm³/mol. The highest BCUT2D eigenvalue weighted by molar-refractivity contribution is 5.35. The second-order valence-electron chi connectivity index (χ2n) is 8.12.